The SMILES string of the molecule is Cc1nc([C@H]2CCCN2C(=O)CCCn2ccnc2C)no1. The summed E-state index contributed by atoms with van der Waals surface area (Å²) in [4.78, 5) is 22.8. The Morgan fingerprint density at radius 3 is 3.00 bits per heavy atom. The van der Waals surface area contributed by atoms with Gasteiger partial charge in [-0.15, -0.1) is 0 Å². The molecule has 118 valence electrons. The van der Waals surface area contributed by atoms with Crippen LogP contribution >= 0.6 is 0 Å². The molecular weight excluding hydrogens is 282 g/mol. The first-order valence-corrected chi connectivity index (χ1v) is 7.72. The van der Waals surface area contributed by atoms with Gasteiger partial charge in [-0.3, -0.25) is 4.79 Å². The van der Waals surface area contributed by atoms with Crippen LogP contribution in [0.5, 0.6) is 0 Å². The number of rotatable bonds is 5. The molecule has 22 heavy (non-hydrogen) atoms. The van der Waals surface area contributed by atoms with Crippen LogP contribution in [0.2, 0.25) is 0 Å². The van der Waals surface area contributed by atoms with E-state index in [1.54, 1.807) is 13.1 Å². The third-order valence-electron chi connectivity index (χ3n) is 4.13. The van der Waals surface area contributed by atoms with Crippen molar-refractivity contribution in [3.05, 3.63) is 29.9 Å². The molecule has 0 bridgehead atoms. The van der Waals surface area contributed by atoms with Crippen LogP contribution in [0.3, 0.4) is 0 Å². The van der Waals surface area contributed by atoms with E-state index in [0.29, 0.717) is 18.1 Å². The van der Waals surface area contributed by atoms with Gasteiger partial charge in [-0.05, 0) is 26.2 Å². The fourth-order valence-corrected chi connectivity index (χ4v) is 2.97. The summed E-state index contributed by atoms with van der Waals surface area (Å²) in [5.74, 6) is 2.33. The van der Waals surface area contributed by atoms with E-state index in [1.165, 1.54) is 0 Å². The van der Waals surface area contributed by atoms with Crippen molar-refractivity contribution >= 4 is 5.91 Å². The highest BCUT2D eigenvalue weighted by Gasteiger charge is 2.32. The molecule has 7 heteroatoms. The van der Waals surface area contributed by atoms with Gasteiger partial charge in [0.15, 0.2) is 5.82 Å². The predicted molar refractivity (Wildman–Crippen MR) is 78.9 cm³/mol. The summed E-state index contributed by atoms with van der Waals surface area (Å²) in [5.41, 5.74) is 0. The maximum atomic E-state index is 12.5. The minimum Gasteiger partial charge on any atom is -0.340 e. The second kappa shape index (κ2) is 6.29. The van der Waals surface area contributed by atoms with Gasteiger partial charge in [0.05, 0.1) is 6.04 Å². The van der Waals surface area contributed by atoms with E-state index >= 15 is 0 Å². The lowest BCUT2D eigenvalue weighted by molar-refractivity contribution is -0.132. The Hall–Kier alpha value is -2.18. The van der Waals surface area contributed by atoms with Crippen molar-refractivity contribution in [3.8, 4) is 0 Å². The molecular formula is C15H21N5O2. The molecule has 0 spiro atoms. The van der Waals surface area contributed by atoms with Gasteiger partial charge in [0, 0.05) is 38.8 Å². The van der Waals surface area contributed by atoms with Gasteiger partial charge < -0.3 is 14.0 Å². The zero-order chi connectivity index (χ0) is 15.5. The molecule has 1 amide bonds. The highest BCUT2D eigenvalue weighted by molar-refractivity contribution is 5.76. The van der Waals surface area contributed by atoms with E-state index in [0.717, 1.165) is 38.2 Å². The van der Waals surface area contributed by atoms with Crippen LogP contribution in [0.15, 0.2) is 16.9 Å². The highest BCUT2D eigenvalue weighted by atomic mass is 16.5. The summed E-state index contributed by atoms with van der Waals surface area (Å²) in [5, 5.41) is 3.97. The van der Waals surface area contributed by atoms with Gasteiger partial charge in [-0.2, -0.15) is 4.98 Å². The van der Waals surface area contributed by atoms with Crippen molar-refractivity contribution in [1.29, 1.82) is 0 Å². The lowest BCUT2D eigenvalue weighted by Gasteiger charge is -2.22. The Bertz CT molecular complexity index is 648. The molecule has 3 rings (SSSR count). The third-order valence-corrected chi connectivity index (χ3v) is 4.13. The van der Waals surface area contributed by atoms with E-state index in [9.17, 15) is 4.79 Å². The molecule has 3 heterocycles. The zero-order valence-electron chi connectivity index (χ0n) is 13.0. The number of aromatic nitrogens is 4. The molecule has 1 aliphatic rings. The summed E-state index contributed by atoms with van der Waals surface area (Å²) >= 11 is 0. The van der Waals surface area contributed by atoms with Gasteiger partial charge >= 0.3 is 0 Å². The van der Waals surface area contributed by atoms with Gasteiger partial charge in [-0.1, -0.05) is 5.16 Å². The third kappa shape index (κ3) is 3.03. The Kier molecular flexibility index (Phi) is 4.22. The Balaban J connectivity index is 1.56. The van der Waals surface area contributed by atoms with E-state index in [4.69, 9.17) is 4.52 Å². The van der Waals surface area contributed by atoms with Crippen LogP contribution in [0, 0.1) is 13.8 Å². The van der Waals surface area contributed by atoms with Crippen molar-refractivity contribution in [2.45, 2.75) is 52.1 Å². The number of amides is 1. The quantitative estimate of drug-likeness (QED) is 0.844. The number of nitrogens with zero attached hydrogens (tertiary/aromatic N) is 5. The largest absolute Gasteiger partial charge is 0.340 e. The fraction of sp³-hybridized carbons (Fsp3) is 0.600. The van der Waals surface area contributed by atoms with Gasteiger partial charge in [0.1, 0.15) is 5.82 Å². The zero-order valence-corrected chi connectivity index (χ0v) is 13.0. The summed E-state index contributed by atoms with van der Waals surface area (Å²) in [6.45, 7) is 5.33. The van der Waals surface area contributed by atoms with Gasteiger partial charge in [0.25, 0.3) is 0 Å². The van der Waals surface area contributed by atoms with Crippen LogP contribution in [-0.2, 0) is 11.3 Å². The maximum Gasteiger partial charge on any atom is 0.223 e. The molecule has 0 aliphatic carbocycles. The maximum absolute atomic E-state index is 12.5. The van der Waals surface area contributed by atoms with E-state index in [-0.39, 0.29) is 11.9 Å². The van der Waals surface area contributed by atoms with Crippen molar-refractivity contribution in [1.82, 2.24) is 24.6 Å². The number of aryl methyl sites for hydroxylation is 3. The topological polar surface area (TPSA) is 77.1 Å². The Morgan fingerprint density at radius 2 is 2.32 bits per heavy atom. The van der Waals surface area contributed by atoms with E-state index < -0.39 is 0 Å². The van der Waals surface area contributed by atoms with Crippen molar-refractivity contribution in [2.75, 3.05) is 6.54 Å². The van der Waals surface area contributed by atoms with E-state index in [2.05, 4.69) is 19.7 Å². The monoisotopic (exact) mass is 303 g/mol. The average molecular weight is 303 g/mol. The minimum atomic E-state index is -0.0278. The number of carbonyl (C=O) groups is 1. The molecule has 0 radical (unpaired) electrons. The van der Waals surface area contributed by atoms with Crippen LogP contribution in [-0.4, -0.2) is 37.0 Å². The van der Waals surface area contributed by atoms with Crippen LogP contribution < -0.4 is 0 Å². The molecule has 0 N–H and O–H groups in total. The molecule has 1 saturated heterocycles. The minimum absolute atomic E-state index is 0.0278. The first kappa shape index (κ1) is 14.7. The number of imidazole rings is 1. The van der Waals surface area contributed by atoms with Crippen LogP contribution in [0.4, 0.5) is 0 Å². The Morgan fingerprint density at radius 1 is 1.45 bits per heavy atom. The van der Waals surface area contributed by atoms with Gasteiger partial charge in [-0.25, -0.2) is 4.98 Å². The van der Waals surface area contributed by atoms with Crippen LogP contribution in [0.25, 0.3) is 0 Å². The molecule has 1 atom stereocenters. The van der Waals surface area contributed by atoms with Crippen molar-refractivity contribution < 1.29 is 9.32 Å². The normalized spacial score (nSPS) is 18.1. The first-order chi connectivity index (χ1) is 10.6. The number of carbonyl (C=O) groups excluding carboxylic acids is 1. The standard InChI is InChI=1S/C15H21N5O2/c1-11-16-7-10-19(11)8-4-6-14(21)20-9-3-5-13(20)15-17-12(2)22-18-15/h7,10,13H,3-6,8-9H2,1-2H3/t13-/m1/s1. The second-order valence-electron chi connectivity index (χ2n) is 5.69. The molecule has 2 aromatic rings. The summed E-state index contributed by atoms with van der Waals surface area (Å²) < 4.78 is 7.11. The molecule has 0 saturated carbocycles. The smallest absolute Gasteiger partial charge is 0.223 e. The first-order valence-electron chi connectivity index (χ1n) is 7.72. The summed E-state index contributed by atoms with van der Waals surface area (Å²) in [6, 6.07) is -0.0278. The average Bonchev–Trinajstić information content (AvgIpc) is 3.20. The van der Waals surface area contributed by atoms with Crippen molar-refractivity contribution in [2.24, 2.45) is 0 Å². The molecule has 2 aromatic heterocycles. The Labute approximate surface area is 129 Å². The van der Waals surface area contributed by atoms with Gasteiger partial charge in [0.2, 0.25) is 11.8 Å². The number of hydrogen-bond donors (Lipinski definition) is 0. The van der Waals surface area contributed by atoms with E-state index in [1.807, 2.05) is 18.0 Å². The predicted octanol–water partition coefficient (Wildman–Crippen LogP) is 2.03. The molecule has 1 aliphatic heterocycles. The fourth-order valence-electron chi connectivity index (χ4n) is 2.97. The summed E-state index contributed by atoms with van der Waals surface area (Å²) in [6.07, 6.45) is 6.97. The molecule has 0 aromatic carbocycles. The number of likely N-dealkylation sites (tertiary alicyclic amines) is 1. The molecule has 7 nitrogen and oxygen atoms in total. The molecule has 1 fully saturated rings. The highest BCUT2D eigenvalue weighted by Crippen LogP contribution is 2.30. The van der Waals surface area contributed by atoms with Crippen molar-refractivity contribution in [3.63, 3.8) is 0 Å². The molecule has 0 unspecified atom stereocenters. The second-order valence-corrected chi connectivity index (χ2v) is 5.69. The summed E-state index contributed by atoms with van der Waals surface area (Å²) in [7, 11) is 0. The lowest BCUT2D eigenvalue weighted by atomic mass is 10.2. The number of hydrogen-bond acceptors (Lipinski definition) is 5. The van der Waals surface area contributed by atoms with Crippen LogP contribution in [0.1, 0.15) is 49.3 Å². The lowest BCUT2D eigenvalue weighted by Crippen LogP contribution is -2.31.